The van der Waals surface area contributed by atoms with E-state index in [1.165, 1.54) is 0 Å². The summed E-state index contributed by atoms with van der Waals surface area (Å²) in [5.41, 5.74) is -0.675. The fourth-order valence-corrected chi connectivity index (χ4v) is 6.32. The van der Waals surface area contributed by atoms with E-state index in [-0.39, 0.29) is 24.7 Å². The fraction of sp³-hybridized carbons (Fsp3) is 1.00. The lowest BCUT2D eigenvalue weighted by Gasteiger charge is -2.41. The van der Waals surface area contributed by atoms with E-state index in [2.05, 4.69) is 4.74 Å². The highest BCUT2D eigenvalue weighted by Crippen LogP contribution is 2.54. The summed E-state index contributed by atoms with van der Waals surface area (Å²) in [6.07, 6.45) is -15.7. The molecular weight excluding hydrogens is 589 g/mol. The Morgan fingerprint density at radius 3 is 2.14 bits per heavy atom. The van der Waals surface area contributed by atoms with Crippen LogP contribution in [-0.4, -0.2) is 95.3 Å². The summed E-state index contributed by atoms with van der Waals surface area (Å²) in [6.45, 7) is 7.35. The Balaban J connectivity index is 1.41. The zero-order valence-electron chi connectivity index (χ0n) is 23.8. The molecule has 0 bridgehead atoms. The van der Waals surface area contributed by atoms with Gasteiger partial charge in [-0.3, -0.25) is 0 Å². The first-order valence-electron chi connectivity index (χ1n) is 14.0. The second-order valence-corrected chi connectivity index (χ2v) is 12.7. The van der Waals surface area contributed by atoms with Gasteiger partial charge in [-0.1, -0.05) is 34.6 Å². The third-order valence-corrected chi connectivity index (χ3v) is 8.98. The molecule has 11 unspecified atom stereocenters. The molecule has 1 spiro atoms. The zero-order valence-corrected chi connectivity index (χ0v) is 23.8. The first-order chi connectivity index (χ1) is 19.2. The Kier molecular flexibility index (Phi) is 9.32. The zero-order chi connectivity index (χ0) is 31.6. The monoisotopic (exact) mass is 628 g/mol. The topological polar surface area (TPSA) is 116 Å². The van der Waals surface area contributed by atoms with Gasteiger partial charge in [0.05, 0.1) is 5.92 Å². The summed E-state index contributed by atoms with van der Waals surface area (Å²) >= 11 is 0. The molecule has 1 saturated carbocycles. The van der Waals surface area contributed by atoms with Crippen LogP contribution in [0.3, 0.4) is 0 Å². The average molecular weight is 629 g/mol. The minimum absolute atomic E-state index is 0.00755. The number of rotatable bonds is 11. The fourth-order valence-electron chi connectivity index (χ4n) is 6.32. The molecule has 3 N–H and O–H groups in total. The average Bonchev–Trinajstić information content (AvgIpc) is 3.59. The number of ether oxygens (including phenoxy) is 6. The maximum atomic E-state index is 13.7. The SMILES string of the molecule is CC(C)CC(C)(C(C)C)C(O)OC1C(O)OC2C3OC4(CCCC4C(O)OCC(F)(F)C(F)(F)C(F)(F)F)OC3OC12. The van der Waals surface area contributed by atoms with Crippen molar-refractivity contribution in [1.29, 1.82) is 0 Å². The molecule has 0 radical (unpaired) electrons. The van der Waals surface area contributed by atoms with E-state index in [1.54, 1.807) is 0 Å². The molecule has 9 nitrogen and oxygen atoms in total. The van der Waals surface area contributed by atoms with Crippen molar-refractivity contribution in [2.24, 2.45) is 23.2 Å². The lowest BCUT2D eigenvalue weighted by molar-refractivity contribution is -0.369. The standard InChI is InChI=1S/C26H39F7O9/c1-11(2)9-22(5,12(3)4)21(36)40-16-14-15(38-19(16)35)17-20(39-14)42-23(41-17)8-6-7-13(23)18(34)37-10-24(27,28)25(29,30)26(31,32)33/h11-21,34-36H,6-10H2,1-5H3. The van der Waals surface area contributed by atoms with E-state index >= 15 is 0 Å². The predicted molar refractivity (Wildman–Crippen MR) is 127 cm³/mol. The summed E-state index contributed by atoms with van der Waals surface area (Å²) in [5.74, 6) is -14.8. The summed E-state index contributed by atoms with van der Waals surface area (Å²) in [5, 5.41) is 32.1. The van der Waals surface area contributed by atoms with Crippen LogP contribution in [0, 0.1) is 23.2 Å². The van der Waals surface area contributed by atoms with Crippen LogP contribution >= 0.6 is 0 Å². The van der Waals surface area contributed by atoms with Crippen LogP contribution in [0.4, 0.5) is 30.7 Å². The summed E-state index contributed by atoms with van der Waals surface area (Å²) in [7, 11) is 0. The van der Waals surface area contributed by atoms with Gasteiger partial charge in [-0.05, 0) is 31.1 Å². The first-order valence-corrected chi connectivity index (χ1v) is 14.0. The maximum absolute atomic E-state index is 13.7. The Morgan fingerprint density at radius 1 is 0.929 bits per heavy atom. The number of fused-ring (bicyclic) bond motifs is 3. The number of alkyl halides is 7. The van der Waals surface area contributed by atoms with Gasteiger partial charge in [-0.25, -0.2) is 0 Å². The summed E-state index contributed by atoms with van der Waals surface area (Å²) in [6, 6.07) is 0. The molecule has 0 aromatic carbocycles. The molecule has 4 fully saturated rings. The first kappa shape index (κ1) is 34.0. The molecule has 4 aliphatic rings. The molecule has 3 saturated heterocycles. The van der Waals surface area contributed by atoms with Crippen molar-refractivity contribution in [3.8, 4) is 0 Å². The third-order valence-electron chi connectivity index (χ3n) is 8.98. The lowest BCUT2D eigenvalue weighted by Crippen LogP contribution is -2.55. The Hall–Kier alpha value is -0.850. The van der Waals surface area contributed by atoms with Crippen molar-refractivity contribution in [3.63, 3.8) is 0 Å². The van der Waals surface area contributed by atoms with Gasteiger partial charge in [0.1, 0.15) is 31.0 Å². The third kappa shape index (κ3) is 5.80. The van der Waals surface area contributed by atoms with Gasteiger partial charge in [0.25, 0.3) is 0 Å². The second kappa shape index (κ2) is 11.5. The van der Waals surface area contributed by atoms with Crippen LogP contribution in [0.1, 0.15) is 60.3 Å². The normalized spacial score (nSPS) is 38.4. The maximum Gasteiger partial charge on any atom is 0.459 e. The van der Waals surface area contributed by atoms with Crippen LogP contribution in [-0.2, 0) is 28.4 Å². The second-order valence-electron chi connectivity index (χ2n) is 12.7. The molecule has 42 heavy (non-hydrogen) atoms. The Bertz CT molecular complexity index is 954. The summed E-state index contributed by atoms with van der Waals surface area (Å²) in [4.78, 5) is 0. The molecule has 0 amide bonds. The van der Waals surface area contributed by atoms with Gasteiger partial charge in [-0.2, -0.15) is 30.7 Å². The number of hydrogen-bond donors (Lipinski definition) is 3. The number of hydrogen-bond acceptors (Lipinski definition) is 9. The predicted octanol–water partition coefficient (Wildman–Crippen LogP) is 3.92. The van der Waals surface area contributed by atoms with E-state index in [9.17, 15) is 46.1 Å². The minimum Gasteiger partial charge on any atom is -0.368 e. The number of halogens is 7. The van der Waals surface area contributed by atoms with Crippen LogP contribution in [0.2, 0.25) is 0 Å². The minimum atomic E-state index is -6.53. The van der Waals surface area contributed by atoms with Gasteiger partial charge >= 0.3 is 18.0 Å². The van der Waals surface area contributed by atoms with Crippen molar-refractivity contribution in [2.45, 2.75) is 134 Å². The highest BCUT2D eigenvalue weighted by Gasteiger charge is 2.73. The number of aliphatic hydroxyl groups excluding tert-OH is 3. The molecule has 3 heterocycles. The smallest absolute Gasteiger partial charge is 0.368 e. The molecule has 246 valence electrons. The lowest BCUT2D eigenvalue weighted by atomic mass is 9.72. The van der Waals surface area contributed by atoms with Gasteiger partial charge in [0.15, 0.2) is 30.9 Å². The quantitative estimate of drug-likeness (QED) is 0.231. The Morgan fingerprint density at radius 2 is 1.57 bits per heavy atom. The van der Waals surface area contributed by atoms with Gasteiger partial charge < -0.3 is 43.7 Å². The molecule has 11 atom stereocenters. The highest BCUT2D eigenvalue weighted by atomic mass is 19.4. The van der Waals surface area contributed by atoms with Gasteiger partial charge in [0.2, 0.25) is 0 Å². The molecule has 1 aliphatic carbocycles. The molecular formula is C26H39F7O9. The van der Waals surface area contributed by atoms with Gasteiger partial charge in [0, 0.05) is 11.8 Å². The van der Waals surface area contributed by atoms with Crippen LogP contribution in [0.5, 0.6) is 0 Å². The summed E-state index contributed by atoms with van der Waals surface area (Å²) < 4.78 is 125. The van der Waals surface area contributed by atoms with Crippen LogP contribution in [0.25, 0.3) is 0 Å². The van der Waals surface area contributed by atoms with Gasteiger partial charge in [-0.15, -0.1) is 0 Å². The molecule has 0 aromatic rings. The van der Waals surface area contributed by atoms with Crippen molar-refractivity contribution in [3.05, 3.63) is 0 Å². The largest absolute Gasteiger partial charge is 0.459 e. The molecule has 3 aliphatic heterocycles. The number of aliphatic hydroxyl groups is 3. The van der Waals surface area contributed by atoms with Crippen LogP contribution < -0.4 is 0 Å². The van der Waals surface area contributed by atoms with E-state index in [0.717, 1.165) is 0 Å². The molecule has 16 heteroatoms. The van der Waals surface area contributed by atoms with Crippen molar-refractivity contribution in [1.82, 2.24) is 0 Å². The van der Waals surface area contributed by atoms with E-state index in [1.807, 2.05) is 34.6 Å². The van der Waals surface area contributed by atoms with E-state index in [4.69, 9.17) is 23.7 Å². The Labute approximate surface area is 238 Å². The van der Waals surface area contributed by atoms with Crippen molar-refractivity contribution >= 4 is 0 Å². The highest BCUT2D eigenvalue weighted by molar-refractivity contribution is 5.06. The van der Waals surface area contributed by atoms with Crippen molar-refractivity contribution < 1.29 is 74.5 Å². The van der Waals surface area contributed by atoms with E-state index < -0.39 is 91.3 Å². The van der Waals surface area contributed by atoms with Crippen molar-refractivity contribution in [2.75, 3.05) is 6.61 Å². The molecule has 4 rings (SSSR count). The van der Waals surface area contributed by atoms with E-state index in [0.29, 0.717) is 12.8 Å². The molecule has 0 aromatic heterocycles. The van der Waals surface area contributed by atoms with Crippen LogP contribution in [0.15, 0.2) is 0 Å².